The molecule has 1 aromatic heterocycles. The molecule has 0 aliphatic carbocycles. The van der Waals surface area contributed by atoms with Crippen molar-refractivity contribution >= 4 is 29.1 Å². The number of amides is 2. The SMILES string of the molecule is Cc1ccc(C(=O)NNC(=O)COC(=O)c2ccc(-c3ccc(F)cc3)s2)cc1. The lowest BCUT2D eigenvalue weighted by molar-refractivity contribution is -0.125. The number of carbonyl (C=O) groups excluding carboxylic acids is 3. The molecule has 3 rings (SSSR count). The molecule has 0 unspecified atom stereocenters. The van der Waals surface area contributed by atoms with Crippen LogP contribution in [0.2, 0.25) is 0 Å². The van der Waals surface area contributed by atoms with Crippen LogP contribution in [-0.4, -0.2) is 24.4 Å². The molecule has 6 nitrogen and oxygen atoms in total. The first kappa shape index (κ1) is 20.2. The second kappa shape index (κ2) is 9.11. The highest BCUT2D eigenvalue weighted by Gasteiger charge is 2.14. The van der Waals surface area contributed by atoms with E-state index in [4.69, 9.17) is 4.74 Å². The van der Waals surface area contributed by atoms with Crippen LogP contribution in [0.1, 0.15) is 25.6 Å². The molecule has 29 heavy (non-hydrogen) atoms. The number of hydrogen-bond acceptors (Lipinski definition) is 5. The topological polar surface area (TPSA) is 84.5 Å². The summed E-state index contributed by atoms with van der Waals surface area (Å²) in [6.07, 6.45) is 0. The van der Waals surface area contributed by atoms with E-state index in [1.165, 1.54) is 23.5 Å². The van der Waals surface area contributed by atoms with Gasteiger partial charge in [0.1, 0.15) is 10.7 Å². The first-order valence-corrected chi connectivity index (χ1v) is 9.43. The maximum atomic E-state index is 13.0. The predicted molar refractivity (Wildman–Crippen MR) is 107 cm³/mol. The van der Waals surface area contributed by atoms with Gasteiger partial charge in [-0.25, -0.2) is 9.18 Å². The van der Waals surface area contributed by atoms with Crippen molar-refractivity contribution in [1.29, 1.82) is 0 Å². The highest BCUT2D eigenvalue weighted by molar-refractivity contribution is 7.17. The molecule has 0 fully saturated rings. The van der Waals surface area contributed by atoms with Gasteiger partial charge in [-0.2, -0.15) is 0 Å². The second-order valence-corrected chi connectivity index (χ2v) is 7.20. The number of thiophene rings is 1. The number of ether oxygens (including phenoxy) is 1. The highest BCUT2D eigenvalue weighted by Crippen LogP contribution is 2.28. The summed E-state index contributed by atoms with van der Waals surface area (Å²) in [6, 6.07) is 16.0. The van der Waals surface area contributed by atoms with E-state index in [9.17, 15) is 18.8 Å². The molecule has 0 aliphatic heterocycles. The molecule has 0 aliphatic rings. The molecule has 0 saturated carbocycles. The number of carbonyl (C=O) groups is 3. The molecule has 148 valence electrons. The number of hydrazine groups is 1. The number of nitrogens with one attached hydrogen (secondary N) is 2. The minimum atomic E-state index is -0.672. The van der Waals surface area contributed by atoms with Crippen LogP contribution in [0.25, 0.3) is 10.4 Å². The van der Waals surface area contributed by atoms with Crippen LogP contribution >= 0.6 is 11.3 Å². The molecule has 0 atom stereocenters. The van der Waals surface area contributed by atoms with Crippen molar-refractivity contribution in [3.63, 3.8) is 0 Å². The van der Waals surface area contributed by atoms with Crippen LogP contribution in [0.4, 0.5) is 4.39 Å². The fourth-order valence-electron chi connectivity index (χ4n) is 2.36. The normalized spacial score (nSPS) is 10.3. The van der Waals surface area contributed by atoms with Crippen molar-refractivity contribution in [2.24, 2.45) is 0 Å². The summed E-state index contributed by atoms with van der Waals surface area (Å²) in [4.78, 5) is 36.9. The van der Waals surface area contributed by atoms with Crippen molar-refractivity contribution in [3.05, 3.63) is 82.5 Å². The molecule has 0 radical (unpaired) electrons. The molecule has 2 aromatic carbocycles. The van der Waals surface area contributed by atoms with Crippen molar-refractivity contribution < 1.29 is 23.5 Å². The zero-order valence-corrected chi connectivity index (χ0v) is 16.2. The standard InChI is InChI=1S/C21H17FN2O4S/c1-13-2-4-15(5-3-13)20(26)24-23-19(25)12-28-21(27)18-11-10-17(29-18)14-6-8-16(22)9-7-14/h2-11H,12H2,1H3,(H,23,25)(H,24,26). The molecule has 2 amide bonds. The van der Waals surface area contributed by atoms with Gasteiger partial charge < -0.3 is 4.74 Å². The Morgan fingerprint density at radius 1 is 0.931 bits per heavy atom. The monoisotopic (exact) mass is 412 g/mol. The highest BCUT2D eigenvalue weighted by atomic mass is 32.1. The number of hydrogen-bond donors (Lipinski definition) is 2. The predicted octanol–water partition coefficient (Wildman–Crippen LogP) is 3.48. The number of halogens is 1. The molecule has 2 N–H and O–H groups in total. The third-order valence-corrected chi connectivity index (χ3v) is 5.01. The minimum Gasteiger partial charge on any atom is -0.451 e. The molecule has 0 spiro atoms. The van der Waals surface area contributed by atoms with E-state index in [0.29, 0.717) is 10.4 Å². The Kier molecular flexibility index (Phi) is 6.36. The fourth-order valence-corrected chi connectivity index (χ4v) is 3.26. The third kappa shape index (κ3) is 5.49. The van der Waals surface area contributed by atoms with Crippen molar-refractivity contribution in [2.45, 2.75) is 6.92 Å². The van der Waals surface area contributed by atoms with Crippen molar-refractivity contribution in [2.75, 3.05) is 6.61 Å². The van der Waals surface area contributed by atoms with Gasteiger partial charge in [-0.15, -0.1) is 11.3 Å². The van der Waals surface area contributed by atoms with Gasteiger partial charge in [-0.3, -0.25) is 20.4 Å². The Balaban J connectivity index is 1.47. The number of rotatable bonds is 5. The van der Waals surface area contributed by atoms with E-state index in [0.717, 1.165) is 16.0 Å². The number of benzene rings is 2. The van der Waals surface area contributed by atoms with Crippen molar-refractivity contribution in [3.8, 4) is 10.4 Å². The zero-order chi connectivity index (χ0) is 20.8. The van der Waals surface area contributed by atoms with Gasteiger partial charge in [0.15, 0.2) is 6.61 Å². The van der Waals surface area contributed by atoms with Gasteiger partial charge in [0.2, 0.25) is 0 Å². The Morgan fingerprint density at radius 2 is 1.62 bits per heavy atom. The van der Waals surface area contributed by atoms with Gasteiger partial charge in [0.25, 0.3) is 11.8 Å². The summed E-state index contributed by atoms with van der Waals surface area (Å²) >= 11 is 1.17. The average Bonchev–Trinajstić information content (AvgIpc) is 3.21. The van der Waals surface area contributed by atoms with Crippen LogP contribution in [0.3, 0.4) is 0 Å². The molecule has 0 saturated heterocycles. The Morgan fingerprint density at radius 3 is 2.31 bits per heavy atom. The van der Waals surface area contributed by atoms with Gasteiger partial charge >= 0.3 is 5.97 Å². The van der Waals surface area contributed by atoms with Crippen molar-refractivity contribution in [1.82, 2.24) is 10.9 Å². The zero-order valence-electron chi connectivity index (χ0n) is 15.4. The number of esters is 1. The summed E-state index contributed by atoms with van der Waals surface area (Å²) in [5, 5.41) is 0. The lowest BCUT2D eigenvalue weighted by Gasteiger charge is -2.08. The summed E-state index contributed by atoms with van der Waals surface area (Å²) in [6.45, 7) is 1.35. The van der Waals surface area contributed by atoms with E-state index in [-0.39, 0.29) is 5.82 Å². The van der Waals surface area contributed by atoms with E-state index in [1.54, 1.807) is 48.5 Å². The van der Waals surface area contributed by atoms with E-state index in [1.807, 2.05) is 6.92 Å². The maximum absolute atomic E-state index is 13.0. The van der Waals surface area contributed by atoms with Crippen LogP contribution in [0, 0.1) is 12.7 Å². The fraction of sp³-hybridized carbons (Fsp3) is 0.0952. The summed E-state index contributed by atoms with van der Waals surface area (Å²) in [5.41, 5.74) is 6.61. The van der Waals surface area contributed by atoms with E-state index >= 15 is 0 Å². The molecule has 3 aromatic rings. The van der Waals surface area contributed by atoms with Crippen LogP contribution < -0.4 is 10.9 Å². The summed E-state index contributed by atoms with van der Waals surface area (Å²) < 4.78 is 18.0. The largest absolute Gasteiger partial charge is 0.451 e. The number of aryl methyl sites for hydroxylation is 1. The smallest absolute Gasteiger partial charge is 0.348 e. The van der Waals surface area contributed by atoms with Gasteiger partial charge in [-0.1, -0.05) is 29.8 Å². The van der Waals surface area contributed by atoms with Crippen LogP contribution in [-0.2, 0) is 9.53 Å². The lowest BCUT2D eigenvalue weighted by atomic mass is 10.1. The molecular formula is C21H17FN2O4S. The molecule has 0 bridgehead atoms. The third-order valence-electron chi connectivity index (χ3n) is 3.90. The van der Waals surface area contributed by atoms with E-state index < -0.39 is 24.4 Å². The second-order valence-electron chi connectivity index (χ2n) is 6.12. The van der Waals surface area contributed by atoms with Gasteiger partial charge in [-0.05, 0) is 48.9 Å². The average molecular weight is 412 g/mol. The lowest BCUT2D eigenvalue weighted by Crippen LogP contribution is -2.43. The van der Waals surface area contributed by atoms with E-state index in [2.05, 4.69) is 10.9 Å². The Labute approximate surface area is 170 Å². The Bertz CT molecular complexity index is 1030. The molecular weight excluding hydrogens is 395 g/mol. The minimum absolute atomic E-state index is 0.306. The summed E-state index contributed by atoms with van der Waals surface area (Å²) in [7, 11) is 0. The first-order chi connectivity index (χ1) is 13.9. The van der Waals surface area contributed by atoms with Gasteiger partial charge in [0.05, 0.1) is 0 Å². The Hall–Kier alpha value is -3.52. The molecule has 1 heterocycles. The quantitative estimate of drug-likeness (QED) is 0.496. The van der Waals surface area contributed by atoms with Crippen LogP contribution in [0.15, 0.2) is 60.7 Å². The summed E-state index contributed by atoms with van der Waals surface area (Å²) in [5.74, 6) is -2.16. The first-order valence-electron chi connectivity index (χ1n) is 8.61. The maximum Gasteiger partial charge on any atom is 0.348 e. The molecule has 8 heteroatoms. The van der Waals surface area contributed by atoms with Gasteiger partial charge in [0, 0.05) is 10.4 Å². The van der Waals surface area contributed by atoms with Crippen LogP contribution in [0.5, 0.6) is 0 Å².